The maximum atomic E-state index is 12.7. The number of nitrogens with zero attached hydrogens (tertiary/aromatic N) is 3. The molecule has 0 aliphatic carbocycles. The molecule has 0 spiro atoms. The number of carbonyl (C=O) groups is 2. The van der Waals surface area contributed by atoms with Gasteiger partial charge in [0, 0.05) is 45.5 Å². The molecular weight excluding hydrogens is 354 g/mol. The van der Waals surface area contributed by atoms with Gasteiger partial charge in [0.15, 0.2) is 0 Å². The number of likely N-dealkylation sites (tertiary alicyclic amines) is 1. The molecule has 148 valence electrons. The summed E-state index contributed by atoms with van der Waals surface area (Å²) in [5.74, 6) is 0.670. The lowest BCUT2D eigenvalue weighted by Gasteiger charge is -2.21. The van der Waals surface area contributed by atoms with Crippen molar-refractivity contribution < 1.29 is 14.3 Å². The van der Waals surface area contributed by atoms with Gasteiger partial charge in [0.25, 0.3) is 0 Å². The van der Waals surface area contributed by atoms with E-state index in [0.717, 1.165) is 23.3 Å². The van der Waals surface area contributed by atoms with Gasteiger partial charge in [0.1, 0.15) is 5.75 Å². The Hall–Kier alpha value is -2.89. The third kappa shape index (κ3) is 4.88. The van der Waals surface area contributed by atoms with Crippen molar-refractivity contribution in [3.8, 4) is 5.75 Å². The fourth-order valence-electron chi connectivity index (χ4n) is 3.59. The molecule has 0 saturated carbocycles. The van der Waals surface area contributed by atoms with E-state index in [-0.39, 0.29) is 17.7 Å². The zero-order valence-electron chi connectivity index (χ0n) is 16.5. The van der Waals surface area contributed by atoms with E-state index >= 15 is 0 Å². The first-order valence-corrected chi connectivity index (χ1v) is 9.62. The number of hydrogen-bond donors (Lipinski definition) is 0. The largest absolute Gasteiger partial charge is 0.496 e. The van der Waals surface area contributed by atoms with Crippen molar-refractivity contribution in [3.05, 3.63) is 59.9 Å². The summed E-state index contributed by atoms with van der Waals surface area (Å²) in [7, 11) is 3.46. The van der Waals surface area contributed by atoms with Crippen molar-refractivity contribution >= 4 is 11.8 Å². The van der Waals surface area contributed by atoms with Crippen LogP contribution in [0.5, 0.6) is 5.75 Å². The molecule has 1 unspecified atom stereocenters. The van der Waals surface area contributed by atoms with E-state index in [0.29, 0.717) is 32.5 Å². The van der Waals surface area contributed by atoms with E-state index in [9.17, 15) is 9.59 Å². The van der Waals surface area contributed by atoms with E-state index in [2.05, 4.69) is 4.98 Å². The van der Waals surface area contributed by atoms with Crippen LogP contribution in [0.15, 0.2) is 48.8 Å². The number of para-hydroxylation sites is 1. The molecule has 1 aromatic heterocycles. The number of aromatic nitrogens is 1. The van der Waals surface area contributed by atoms with E-state index in [1.54, 1.807) is 29.3 Å². The lowest BCUT2D eigenvalue weighted by molar-refractivity contribution is -0.134. The SMILES string of the molecule is COc1ccccc1CCN1CC(C(=O)N(C)CCc2ccncc2)CC1=O. The molecule has 6 heteroatoms. The molecule has 0 radical (unpaired) electrons. The number of rotatable bonds is 8. The Kier molecular flexibility index (Phi) is 6.63. The van der Waals surface area contributed by atoms with Gasteiger partial charge in [-0.05, 0) is 42.2 Å². The Morgan fingerprint density at radius 3 is 2.71 bits per heavy atom. The van der Waals surface area contributed by atoms with Crippen LogP contribution in [0.2, 0.25) is 0 Å². The van der Waals surface area contributed by atoms with Crippen LogP contribution in [0, 0.1) is 5.92 Å². The molecule has 2 aromatic rings. The number of ether oxygens (including phenoxy) is 1. The second-order valence-corrected chi connectivity index (χ2v) is 7.17. The fraction of sp³-hybridized carbons (Fsp3) is 0.409. The number of benzene rings is 1. The normalized spacial score (nSPS) is 16.3. The second-order valence-electron chi connectivity index (χ2n) is 7.17. The van der Waals surface area contributed by atoms with Crippen LogP contribution in [0.25, 0.3) is 0 Å². The second kappa shape index (κ2) is 9.35. The van der Waals surface area contributed by atoms with Crippen LogP contribution in [-0.4, -0.2) is 60.4 Å². The Morgan fingerprint density at radius 2 is 1.96 bits per heavy atom. The topological polar surface area (TPSA) is 62.7 Å². The van der Waals surface area contributed by atoms with Gasteiger partial charge in [0.2, 0.25) is 11.8 Å². The predicted molar refractivity (Wildman–Crippen MR) is 107 cm³/mol. The number of carbonyl (C=O) groups excluding carboxylic acids is 2. The zero-order valence-corrected chi connectivity index (χ0v) is 16.5. The molecule has 1 atom stereocenters. The highest BCUT2D eigenvalue weighted by atomic mass is 16.5. The first kappa shape index (κ1) is 19.9. The summed E-state index contributed by atoms with van der Waals surface area (Å²) in [6.07, 6.45) is 5.31. The van der Waals surface area contributed by atoms with Crippen molar-refractivity contribution in [2.24, 2.45) is 5.92 Å². The molecular formula is C22H27N3O3. The van der Waals surface area contributed by atoms with Crippen LogP contribution in [0.3, 0.4) is 0 Å². The summed E-state index contributed by atoms with van der Waals surface area (Å²) in [5.41, 5.74) is 2.22. The number of amides is 2. The molecule has 1 fully saturated rings. The van der Waals surface area contributed by atoms with Crippen LogP contribution in [0.4, 0.5) is 0 Å². The van der Waals surface area contributed by atoms with Crippen LogP contribution in [0.1, 0.15) is 17.5 Å². The Labute approximate surface area is 166 Å². The van der Waals surface area contributed by atoms with E-state index in [1.165, 1.54) is 0 Å². The molecule has 1 saturated heterocycles. The minimum atomic E-state index is -0.257. The molecule has 3 rings (SSSR count). The lowest BCUT2D eigenvalue weighted by Crippen LogP contribution is -2.36. The molecule has 28 heavy (non-hydrogen) atoms. The number of hydrogen-bond acceptors (Lipinski definition) is 4. The first-order chi connectivity index (χ1) is 13.6. The van der Waals surface area contributed by atoms with E-state index in [4.69, 9.17) is 4.74 Å². The lowest BCUT2D eigenvalue weighted by atomic mass is 10.1. The maximum absolute atomic E-state index is 12.7. The van der Waals surface area contributed by atoms with E-state index in [1.807, 2.05) is 43.4 Å². The highest BCUT2D eigenvalue weighted by Crippen LogP contribution is 2.22. The summed E-state index contributed by atoms with van der Waals surface area (Å²) >= 11 is 0. The molecule has 6 nitrogen and oxygen atoms in total. The van der Waals surface area contributed by atoms with Crippen LogP contribution < -0.4 is 4.74 Å². The summed E-state index contributed by atoms with van der Waals surface area (Å²) in [6, 6.07) is 11.7. The van der Waals surface area contributed by atoms with Crippen molar-refractivity contribution in [3.63, 3.8) is 0 Å². The number of likely N-dealkylation sites (N-methyl/N-ethyl adjacent to an activating group) is 1. The summed E-state index contributed by atoms with van der Waals surface area (Å²) in [5, 5.41) is 0. The van der Waals surface area contributed by atoms with Gasteiger partial charge in [-0.1, -0.05) is 18.2 Å². The van der Waals surface area contributed by atoms with Crippen LogP contribution in [-0.2, 0) is 22.4 Å². The van der Waals surface area contributed by atoms with Crippen molar-refractivity contribution in [1.82, 2.24) is 14.8 Å². The molecule has 2 amide bonds. The minimum absolute atomic E-state index is 0.0437. The van der Waals surface area contributed by atoms with Gasteiger partial charge < -0.3 is 14.5 Å². The predicted octanol–water partition coefficient (Wildman–Crippen LogP) is 2.18. The monoisotopic (exact) mass is 381 g/mol. The quantitative estimate of drug-likeness (QED) is 0.703. The van der Waals surface area contributed by atoms with Crippen molar-refractivity contribution in [2.75, 3.05) is 33.8 Å². The van der Waals surface area contributed by atoms with Gasteiger partial charge in [-0.2, -0.15) is 0 Å². The summed E-state index contributed by atoms with van der Waals surface area (Å²) in [4.78, 5) is 32.7. The minimum Gasteiger partial charge on any atom is -0.496 e. The van der Waals surface area contributed by atoms with Gasteiger partial charge in [-0.25, -0.2) is 0 Å². The van der Waals surface area contributed by atoms with Crippen molar-refractivity contribution in [1.29, 1.82) is 0 Å². The zero-order chi connectivity index (χ0) is 19.9. The smallest absolute Gasteiger partial charge is 0.227 e. The maximum Gasteiger partial charge on any atom is 0.227 e. The Balaban J connectivity index is 1.51. The molecule has 0 bridgehead atoms. The Morgan fingerprint density at radius 1 is 1.21 bits per heavy atom. The highest BCUT2D eigenvalue weighted by Gasteiger charge is 2.35. The molecule has 1 aliphatic rings. The average molecular weight is 381 g/mol. The number of pyridine rings is 1. The van der Waals surface area contributed by atoms with Gasteiger partial charge >= 0.3 is 0 Å². The van der Waals surface area contributed by atoms with Gasteiger partial charge in [-0.15, -0.1) is 0 Å². The van der Waals surface area contributed by atoms with Gasteiger partial charge in [0.05, 0.1) is 13.0 Å². The number of methoxy groups -OCH3 is 1. The summed E-state index contributed by atoms with van der Waals surface area (Å²) in [6.45, 7) is 1.73. The van der Waals surface area contributed by atoms with E-state index < -0.39 is 0 Å². The molecule has 1 aromatic carbocycles. The average Bonchev–Trinajstić information content (AvgIpc) is 3.11. The highest BCUT2D eigenvalue weighted by molar-refractivity contribution is 5.89. The third-order valence-corrected chi connectivity index (χ3v) is 5.27. The fourth-order valence-corrected chi connectivity index (χ4v) is 3.59. The molecule has 1 aliphatic heterocycles. The van der Waals surface area contributed by atoms with Crippen LogP contribution >= 0.6 is 0 Å². The van der Waals surface area contributed by atoms with Gasteiger partial charge in [-0.3, -0.25) is 14.6 Å². The third-order valence-electron chi connectivity index (χ3n) is 5.27. The summed E-state index contributed by atoms with van der Waals surface area (Å²) < 4.78 is 5.37. The molecule has 2 heterocycles. The standard InChI is InChI=1S/C22H27N3O3/c1-24(13-9-17-7-11-23-12-8-17)22(27)19-15-21(26)25(16-19)14-10-18-5-3-4-6-20(18)28-2/h3-8,11-12,19H,9-10,13-16H2,1-2H3. The molecule has 0 N–H and O–H groups in total. The first-order valence-electron chi connectivity index (χ1n) is 9.62. The van der Waals surface area contributed by atoms with Crippen molar-refractivity contribution in [2.45, 2.75) is 19.3 Å². The Bertz CT molecular complexity index is 810.